The second-order valence-corrected chi connectivity index (χ2v) is 9.74. The maximum Gasteiger partial charge on any atom is 0.336 e. The van der Waals surface area contributed by atoms with Crippen LogP contribution in [-0.2, 0) is 6.42 Å². The number of rotatable bonds is 5. The molecule has 1 atom stereocenters. The van der Waals surface area contributed by atoms with Crippen molar-refractivity contribution in [3.8, 4) is 17.2 Å². The third-order valence-corrected chi connectivity index (χ3v) is 6.68. The lowest BCUT2D eigenvalue weighted by Crippen LogP contribution is -2.28. The molecule has 0 amide bonds. The van der Waals surface area contributed by atoms with Crippen molar-refractivity contribution >= 4 is 28.5 Å². The van der Waals surface area contributed by atoms with Crippen LogP contribution in [0.1, 0.15) is 54.4 Å². The number of pyridine rings is 1. The molecule has 6 heteroatoms. The largest absolute Gasteiger partial charge is 0.493 e. The molecule has 0 radical (unpaired) electrons. The number of hydrogen-bond acceptors (Lipinski definition) is 5. The van der Waals surface area contributed by atoms with Crippen molar-refractivity contribution in [3.63, 3.8) is 0 Å². The van der Waals surface area contributed by atoms with Crippen molar-refractivity contribution < 1.29 is 24.1 Å². The maximum atomic E-state index is 12.5. The number of hydrogen-bond donors (Lipinski definition) is 1. The van der Waals surface area contributed by atoms with Crippen LogP contribution in [0.4, 0.5) is 0 Å². The van der Waals surface area contributed by atoms with Crippen molar-refractivity contribution in [1.29, 1.82) is 0 Å². The van der Waals surface area contributed by atoms with Crippen molar-refractivity contribution in [1.82, 2.24) is 4.98 Å². The zero-order valence-corrected chi connectivity index (χ0v) is 20.6. The zero-order chi connectivity index (χ0) is 24.6. The molecule has 1 heterocycles. The number of carboxylic acids is 1. The van der Waals surface area contributed by atoms with E-state index >= 15 is 0 Å². The molecular formula is C28H31NO5. The molecule has 1 aliphatic rings. The van der Waals surface area contributed by atoms with E-state index in [0.717, 1.165) is 28.8 Å². The third-order valence-electron chi connectivity index (χ3n) is 6.68. The Morgan fingerprint density at radius 2 is 1.68 bits per heavy atom. The first kappa shape index (κ1) is 23.6. The molecule has 2 aromatic carbocycles. The number of fused-ring (bicyclic) bond motifs is 2. The predicted octanol–water partition coefficient (Wildman–Crippen LogP) is 6.11. The fourth-order valence-corrected chi connectivity index (χ4v) is 4.77. The highest BCUT2D eigenvalue weighted by Crippen LogP contribution is 2.46. The van der Waals surface area contributed by atoms with Crippen LogP contribution in [0, 0.1) is 11.3 Å². The molecule has 0 bridgehead atoms. The topological polar surface area (TPSA) is 77.9 Å². The average molecular weight is 462 g/mol. The number of carboxylic acid groups (broad SMARTS) is 1. The minimum Gasteiger partial charge on any atom is -0.493 e. The van der Waals surface area contributed by atoms with E-state index < -0.39 is 5.97 Å². The van der Waals surface area contributed by atoms with E-state index in [1.165, 1.54) is 0 Å². The fraction of sp³-hybridized carbons (Fsp3) is 0.357. The molecule has 0 saturated heterocycles. The van der Waals surface area contributed by atoms with Gasteiger partial charge in [0.15, 0.2) is 11.5 Å². The highest BCUT2D eigenvalue weighted by atomic mass is 16.5. The van der Waals surface area contributed by atoms with Crippen LogP contribution in [0.3, 0.4) is 0 Å². The summed E-state index contributed by atoms with van der Waals surface area (Å²) in [7, 11) is 4.76. The quantitative estimate of drug-likeness (QED) is 0.494. The first-order chi connectivity index (χ1) is 16.2. The summed E-state index contributed by atoms with van der Waals surface area (Å²) in [5, 5.41) is 10.9. The molecule has 178 valence electrons. The molecule has 1 aliphatic carbocycles. The van der Waals surface area contributed by atoms with Crippen LogP contribution in [0.5, 0.6) is 17.2 Å². The number of aromatic nitrogens is 1. The second kappa shape index (κ2) is 9.01. The average Bonchev–Trinajstić information content (AvgIpc) is 2.81. The Morgan fingerprint density at radius 3 is 2.24 bits per heavy atom. The summed E-state index contributed by atoms with van der Waals surface area (Å²) in [5.41, 5.74) is 4.46. The van der Waals surface area contributed by atoms with Crippen molar-refractivity contribution in [2.75, 3.05) is 21.3 Å². The van der Waals surface area contributed by atoms with E-state index in [-0.39, 0.29) is 11.3 Å². The first-order valence-electron chi connectivity index (χ1n) is 11.3. The Labute approximate surface area is 200 Å². The van der Waals surface area contributed by atoms with Crippen LogP contribution in [0.15, 0.2) is 36.4 Å². The minimum atomic E-state index is -0.920. The van der Waals surface area contributed by atoms with Gasteiger partial charge in [-0.1, -0.05) is 39.0 Å². The van der Waals surface area contributed by atoms with E-state index in [9.17, 15) is 9.90 Å². The summed E-state index contributed by atoms with van der Waals surface area (Å²) in [6.45, 7) is 6.61. The Hall–Kier alpha value is -3.54. The van der Waals surface area contributed by atoms with Crippen LogP contribution in [-0.4, -0.2) is 37.4 Å². The molecular weight excluding hydrogens is 430 g/mol. The van der Waals surface area contributed by atoms with Gasteiger partial charge in [0.2, 0.25) is 5.75 Å². The summed E-state index contributed by atoms with van der Waals surface area (Å²) in [6, 6.07) is 11.3. The van der Waals surface area contributed by atoms with Gasteiger partial charge in [0, 0.05) is 5.39 Å². The van der Waals surface area contributed by atoms with Gasteiger partial charge in [0.1, 0.15) is 0 Å². The lowest BCUT2D eigenvalue weighted by atomic mass is 9.69. The molecule has 0 aliphatic heterocycles. The number of para-hydroxylation sites is 1. The minimum absolute atomic E-state index is 0.00646. The number of ether oxygens (including phenoxy) is 3. The standard InChI is InChI=1S/C28H31NO5/c1-28(2,3)18-14-17(11-16-12-22(32-4)26(34-6)23(13-16)33-5)25-20(15-18)24(27(30)31)19-9-7-8-10-21(19)29-25/h7-13,18H,14-15H2,1-6H3,(H,30,31)/b17-11-. The zero-order valence-electron chi connectivity index (χ0n) is 20.6. The number of nitrogens with zero attached hydrogens (tertiary/aromatic N) is 1. The molecule has 0 saturated carbocycles. The smallest absolute Gasteiger partial charge is 0.336 e. The highest BCUT2D eigenvalue weighted by molar-refractivity contribution is 6.06. The summed E-state index contributed by atoms with van der Waals surface area (Å²) >= 11 is 0. The lowest BCUT2D eigenvalue weighted by Gasteiger charge is -2.36. The monoisotopic (exact) mass is 461 g/mol. The van der Waals surface area contributed by atoms with Gasteiger partial charge in [0.05, 0.1) is 38.1 Å². The van der Waals surface area contributed by atoms with Gasteiger partial charge in [-0.05, 0) is 65.1 Å². The van der Waals surface area contributed by atoms with Crippen molar-refractivity contribution in [2.24, 2.45) is 11.3 Å². The summed E-state index contributed by atoms with van der Waals surface area (Å²) < 4.78 is 16.5. The fourth-order valence-electron chi connectivity index (χ4n) is 4.77. The van der Waals surface area contributed by atoms with E-state index in [1.54, 1.807) is 21.3 Å². The Balaban J connectivity index is 1.99. The molecule has 1 unspecified atom stereocenters. The van der Waals surface area contributed by atoms with Crippen LogP contribution in [0.25, 0.3) is 22.6 Å². The normalized spacial score (nSPS) is 16.9. The van der Waals surface area contributed by atoms with Gasteiger partial charge < -0.3 is 19.3 Å². The van der Waals surface area contributed by atoms with Gasteiger partial charge >= 0.3 is 5.97 Å². The predicted molar refractivity (Wildman–Crippen MR) is 134 cm³/mol. The molecule has 34 heavy (non-hydrogen) atoms. The van der Waals surface area contributed by atoms with E-state index in [4.69, 9.17) is 19.2 Å². The number of benzene rings is 2. The third kappa shape index (κ3) is 4.20. The van der Waals surface area contributed by atoms with Crippen molar-refractivity contribution in [3.05, 3.63) is 58.8 Å². The summed E-state index contributed by atoms with van der Waals surface area (Å²) in [6.07, 6.45) is 3.52. The van der Waals surface area contributed by atoms with Crippen LogP contribution in [0.2, 0.25) is 0 Å². The Kier molecular flexibility index (Phi) is 6.26. The van der Waals surface area contributed by atoms with Gasteiger partial charge in [-0.15, -0.1) is 0 Å². The van der Waals surface area contributed by atoms with E-state index in [1.807, 2.05) is 36.4 Å². The van der Waals surface area contributed by atoms with E-state index in [0.29, 0.717) is 40.1 Å². The summed E-state index contributed by atoms with van der Waals surface area (Å²) in [4.78, 5) is 17.4. The Bertz CT molecular complexity index is 1260. The first-order valence-corrected chi connectivity index (χ1v) is 11.3. The molecule has 0 fully saturated rings. The van der Waals surface area contributed by atoms with Crippen molar-refractivity contribution in [2.45, 2.75) is 33.6 Å². The van der Waals surface area contributed by atoms with E-state index in [2.05, 4.69) is 26.8 Å². The molecule has 0 spiro atoms. The number of carbonyl (C=O) groups is 1. The number of aromatic carboxylic acids is 1. The molecule has 4 rings (SSSR count). The van der Waals surface area contributed by atoms with Gasteiger partial charge in [-0.3, -0.25) is 0 Å². The number of allylic oxidation sites excluding steroid dienone is 1. The van der Waals surface area contributed by atoms with Gasteiger partial charge in [0.25, 0.3) is 0 Å². The maximum absolute atomic E-state index is 12.5. The molecule has 3 aromatic rings. The van der Waals surface area contributed by atoms with Gasteiger partial charge in [-0.2, -0.15) is 0 Å². The van der Waals surface area contributed by atoms with Crippen LogP contribution >= 0.6 is 0 Å². The second-order valence-electron chi connectivity index (χ2n) is 9.74. The van der Waals surface area contributed by atoms with Crippen LogP contribution < -0.4 is 14.2 Å². The SMILES string of the molecule is COc1cc(/C=C2/CC(C(C)(C)C)Cc3c2nc2ccccc2c3C(=O)O)cc(OC)c1OC. The number of methoxy groups -OCH3 is 3. The molecule has 1 N–H and O–H groups in total. The highest BCUT2D eigenvalue weighted by Gasteiger charge is 2.35. The molecule has 6 nitrogen and oxygen atoms in total. The molecule has 1 aromatic heterocycles. The Morgan fingerprint density at radius 1 is 1.03 bits per heavy atom. The van der Waals surface area contributed by atoms with Gasteiger partial charge in [-0.25, -0.2) is 9.78 Å². The summed E-state index contributed by atoms with van der Waals surface area (Å²) in [5.74, 6) is 0.997. The lowest BCUT2D eigenvalue weighted by molar-refractivity contribution is 0.0696.